The van der Waals surface area contributed by atoms with Crippen molar-refractivity contribution in [2.75, 3.05) is 20.3 Å². The molecule has 2 N–H and O–H groups in total. The number of aromatic nitrogens is 1. The number of aromatic amines is 1. The van der Waals surface area contributed by atoms with Gasteiger partial charge in [-0.25, -0.2) is 0 Å². The number of rotatable bonds is 2. The Morgan fingerprint density at radius 1 is 1.46 bits per heavy atom. The van der Waals surface area contributed by atoms with E-state index in [1.165, 1.54) is 29.3 Å². The molecule has 3 fully saturated rings. The zero-order chi connectivity index (χ0) is 18.1. The highest BCUT2D eigenvalue weighted by atomic mass is 16.5. The summed E-state index contributed by atoms with van der Waals surface area (Å²) in [6.07, 6.45) is 3.72. The van der Waals surface area contributed by atoms with Crippen molar-refractivity contribution in [3.05, 3.63) is 47.2 Å². The minimum Gasteiger partial charge on any atom is -0.468 e. The number of nitrogens with one attached hydrogen (secondary N) is 1. The molecule has 6 rings (SSSR count). The number of carbonyl (C=O) groups is 1. The number of piperidine rings is 3. The fourth-order valence-corrected chi connectivity index (χ4v) is 5.88. The molecule has 5 heteroatoms. The van der Waals surface area contributed by atoms with E-state index in [9.17, 15) is 9.90 Å². The Morgan fingerprint density at radius 2 is 2.27 bits per heavy atom. The second kappa shape index (κ2) is 5.44. The van der Waals surface area contributed by atoms with Crippen LogP contribution in [-0.2, 0) is 16.0 Å². The van der Waals surface area contributed by atoms with E-state index >= 15 is 0 Å². The summed E-state index contributed by atoms with van der Waals surface area (Å²) in [4.78, 5) is 19.0. The summed E-state index contributed by atoms with van der Waals surface area (Å²) < 4.78 is 5.22. The van der Waals surface area contributed by atoms with Crippen LogP contribution in [0.2, 0.25) is 0 Å². The molecule has 0 aliphatic carbocycles. The van der Waals surface area contributed by atoms with Gasteiger partial charge in [0.2, 0.25) is 0 Å². The minimum absolute atomic E-state index is 0.0286. The van der Waals surface area contributed by atoms with Gasteiger partial charge < -0.3 is 14.8 Å². The standard InChI is InChI=1S/C21H24N2O3/c1-3-12-10-23-17-9-15(12)21(11-24,20(25)26-2)18(23)8-14-13-6-4-5-7-16(13)22-19(14)17/h3-7,15,17-18,22,24H,8-11H2,1-2H3/b12-3-/t15-,17+,18+,21?/m1/s1. The average Bonchev–Trinajstić information content (AvgIpc) is 3.06. The lowest BCUT2D eigenvalue weighted by Gasteiger charge is -2.62. The number of nitrogens with zero attached hydrogens (tertiary/aromatic N) is 1. The summed E-state index contributed by atoms with van der Waals surface area (Å²) in [6, 6.07) is 8.61. The predicted molar refractivity (Wildman–Crippen MR) is 98.6 cm³/mol. The number of hydrogen-bond acceptors (Lipinski definition) is 4. The van der Waals surface area contributed by atoms with Gasteiger partial charge in [-0.2, -0.15) is 0 Å². The van der Waals surface area contributed by atoms with Crippen LogP contribution in [0, 0.1) is 11.3 Å². The van der Waals surface area contributed by atoms with Gasteiger partial charge in [0, 0.05) is 35.1 Å². The maximum atomic E-state index is 12.9. The number of allylic oxidation sites excluding steroid dienone is 1. The van der Waals surface area contributed by atoms with Gasteiger partial charge in [0.25, 0.3) is 0 Å². The number of aliphatic hydroxyl groups excluding tert-OH is 1. The average molecular weight is 352 g/mol. The van der Waals surface area contributed by atoms with Crippen molar-refractivity contribution in [1.82, 2.24) is 9.88 Å². The summed E-state index contributed by atoms with van der Waals surface area (Å²) in [6.45, 7) is 2.72. The number of ether oxygens (including phenoxy) is 1. The Balaban J connectivity index is 1.73. The Labute approximate surface area is 152 Å². The zero-order valence-electron chi connectivity index (χ0n) is 15.2. The molecule has 5 atom stereocenters. The summed E-state index contributed by atoms with van der Waals surface area (Å²) in [7, 11) is 1.43. The van der Waals surface area contributed by atoms with Crippen LogP contribution in [0.1, 0.15) is 30.6 Å². The van der Waals surface area contributed by atoms with Crippen molar-refractivity contribution >= 4 is 16.9 Å². The SMILES string of the molecule is C/C=C1/CN2[C@H]3Cc4c([nH]c5ccccc45)[C@@H]2C[C@H]1C3(CO)C(=O)OC. The van der Waals surface area contributed by atoms with Crippen LogP contribution in [-0.4, -0.2) is 47.3 Å². The summed E-state index contributed by atoms with van der Waals surface area (Å²) >= 11 is 0. The molecule has 136 valence electrons. The monoisotopic (exact) mass is 352 g/mol. The fraction of sp³-hybridized carbons (Fsp3) is 0.476. The molecular weight excluding hydrogens is 328 g/mol. The van der Waals surface area contributed by atoms with Crippen molar-refractivity contribution in [3.63, 3.8) is 0 Å². The van der Waals surface area contributed by atoms with E-state index in [1.807, 2.05) is 13.0 Å². The Hall–Kier alpha value is -2.11. The van der Waals surface area contributed by atoms with Gasteiger partial charge in [-0.3, -0.25) is 9.69 Å². The zero-order valence-corrected chi connectivity index (χ0v) is 15.2. The first kappa shape index (κ1) is 16.1. The smallest absolute Gasteiger partial charge is 0.316 e. The lowest BCUT2D eigenvalue weighted by Crippen LogP contribution is -2.69. The second-order valence-electron chi connectivity index (χ2n) is 7.81. The van der Waals surface area contributed by atoms with Crippen molar-refractivity contribution < 1.29 is 14.6 Å². The summed E-state index contributed by atoms with van der Waals surface area (Å²) in [5.74, 6) is -0.245. The first-order valence-electron chi connectivity index (χ1n) is 9.35. The highest BCUT2D eigenvalue weighted by molar-refractivity contribution is 5.86. The lowest BCUT2D eigenvalue weighted by atomic mass is 9.55. The lowest BCUT2D eigenvalue weighted by molar-refractivity contribution is -0.183. The van der Waals surface area contributed by atoms with Gasteiger partial charge in [0.1, 0.15) is 5.41 Å². The van der Waals surface area contributed by atoms with Crippen LogP contribution in [0.25, 0.3) is 10.9 Å². The molecule has 0 radical (unpaired) electrons. The van der Waals surface area contributed by atoms with Crippen LogP contribution in [0.4, 0.5) is 0 Å². The normalized spacial score (nSPS) is 36.3. The molecule has 0 spiro atoms. The molecule has 4 aliphatic rings. The molecule has 5 nitrogen and oxygen atoms in total. The maximum Gasteiger partial charge on any atom is 0.316 e. The number of methoxy groups -OCH3 is 1. The highest BCUT2D eigenvalue weighted by Gasteiger charge is 2.64. The topological polar surface area (TPSA) is 65.6 Å². The summed E-state index contributed by atoms with van der Waals surface area (Å²) in [5, 5.41) is 11.7. The minimum atomic E-state index is -0.874. The van der Waals surface area contributed by atoms with Gasteiger partial charge in [-0.1, -0.05) is 29.8 Å². The van der Waals surface area contributed by atoms with Crippen molar-refractivity contribution in [1.29, 1.82) is 0 Å². The molecule has 1 aromatic carbocycles. The van der Waals surface area contributed by atoms with E-state index in [0.717, 1.165) is 24.9 Å². The van der Waals surface area contributed by atoms with E-state index in [4.69, 9.17) is 4.74 Å². The Bertz CT molecular complexity index is 930. The molecule has 2 unspecified atom stereocenters. The number of hydrogen-bond donors (Lipinski definition) is 2. The molecule has 2 aromatic rings. The molecule has 1 aromatic heterocycles. The molecule has 3 saturated heterocycles. The largest absolute Gasteiger partial charge is 0.468 e. The van der Waals surface area contributed by atoms with Crippen molar-refractivity contribution in [2.24, 2.45) is 11.3 Å². The summed E-state index contributed by atoms with van der Waals surface area (Å²) in [5.41, 5.74) is 4.12. The van der Waals surface area contributed by atoms with E-state index in [0.29, 0.717) is 0 Å². The van der Waals surface area contributed by atoms with E-state index in [2.05, 4.69) is 34.2 Å². The first-order valence-corrected chi connectivity index (χ1v) is 9.35. The van der Waals surface area contributed by atoms with Gasteiger partial charge in [0.15, 0.2) is 0 Å². The van der Waals surface area contributed by atoms with Crippen LogP contribution >= 0.6 is 0 Å². The molecule has 0 amide bonds. The number of fused-ring (bicyclic) bond motifs is 4. The third-order valence-electron chi connectivity index (χ3n) is 7.06. The van der Waals surface area contributed by atoms with Gasteiger partial charge >= 0.3 is 5.97 Å². The Kier molecular flexibility index (Phi) is 3.37. The van der Waals surface area contributed by atoms with E-state index in [1.54, 1.807) is 0 Å². The van der Waals surface area contributed by atoms with Gasteiger partial charge in [-0.15, -0.1) is 0 Å². The van der Waals surface area contributed by atoms with Crippen LogP contribution < -0.4 is 0 Å². The van der Waals surface area contributed by atoms with Gasteiger partial charge in [-0.05, 0) is 31.4 Å². The molecule has 26 heavy (non-hydrogen) atoms. The molecule has 4 aliphatic heterocycles. The van der Waals surface area contributed by atoms with Crippen LogP contribution in [0.5, 0.6) is 0 Å². The number of benzene rings is 1. The van der Waals surface area contributed by atoms with E-state index < -0.39 is 5.41 Å². The quantitative estimate of drug-likeness (QED) is 0.644. The first-order chi connectivity index (χ1) is 12.7. The molecular formula is C21H24N2O3. The highest BCUT2D eigenvalue weighted by Crippen LogP contribution is 2.59. The number of para-hydroxylation sites is 1. The third-order valence-corrected chi connectivity index (χ3v) is 7.06. The third kappa shape index (κ3) is 1.75. The van der Waals surface area contributed by atoms with Crippen molar-refractivity contribution in [3.8, 4) is 0 Å². The van der Waals surface area contributed by atoms with E-state index in [-0.39, 0.29) is 30.6 Å². The van der Waals surface area contributed by atoms with Crippen molar-refractivity contribution in [2.45, 2.75) is 31.8 Å². The maximum absolute atomic E-state index is 12.9. The fourth-order valence-electron chi connectivity index (χ4n) is 5.88. The van der Waals surface area contributed by atoms with Crippen LogP contribution in [0.3, 0.4) is 0 Å². The molecule has 4 bridgehead atoms. The number of esters is 1. The Morgan fingerprint density at radius 3 is 3.00 bits per heavy atom. The van der Waals surface area contributed by atoms with Crippen LogP contribution in [0.15, 0.2) is 35.9 Å². The molecule has 5 heterocycles. The number of H-pyrrole nitrogens is 1. The number of carbonyl (C=O) groups excluding carboxylic acids is 1. The predicted octanol–water partition coefficient (Wildman–Crippen LogP) is 2.57. The number of aliphatic hydroxyl groups is 1. The van der Waals surface area contributed by atoms with Gasteiger partial charge in [0.05, 0.1) is 19.8 Å². The second-order valence-corrected chi connectivity index (χ2v) is 7.81. The molecule has 0 saturated carbocycles.